The van der Waals surface area contributed by atoms with Gasteiger partial charge in [-0.15, -0.1) is 0 Å². The second-order valence-corrected chi connectivity index (χ2v) is 6.84. The van der Waals surface area contributed by atoms with Gasteiger partial charge in [-0.2, -0.15) is 0 Å². The van der Waals surface area contributed by atoms with Crippen LogP contribution in [0.4, 0.5) is 0 Å². The van der Waals surface area contributed by atoms with Crippen molar-refractivity contribution in [3.05, 3.63) is 36.4 Å². The monoisotopic (exact) mass is 392 g/mol. The lowest BCUT2D eigenvalue weighted by atomic mass is 10.1. The standard InChI is InChI=1S/C22H24N4O3/c1-6-13(2)26-21(14-11-17(27-3)19(29-5)18(12-14)28-4)25-20-22(26)24-16-10-8-7-9-15(16)23-20/h7-13H,6H2,1-5H3/t13-/m0/s1. The molecular weight excluding hydrogens is 368 g/mol. The van der Waals surface area contributed by atoms with Crippen LogP contribution in [0.2, 0.25) is 0 Å². The number of hydrogen-bond donors (Lipinski definition) is 0. The number of ether oxygens (including phenoxy) is 3. The molecule has 0 radical (unpaired) electrons. The van der Waals surface area contributed by atoms with Crippen LogP contribution in [-0.2, 0) is 0 Å². The molecule has 0 amide bonds. The molecule has 29 heavy (non-hydrogen) atoms. The van der Waals surface area contributed by atoms with Crippen LogP contribution in [0.3, 0.4) is 0 Å². The van der Waals surface area contributed by atoms with Crippen LogP contribution >= 0.6 is 0 Å². The van der Waals surface area contributed by atoms with Crippen LogP contribution in [0.5, 0.6) is 17.2 Å². The Morgan fingerprint density at radius 2 is 1.52 bits per heavy atom. The lowest BCUT2D eigenvalue weighted by Gasteiger charge is -2.17. The normalized spacial score (nSPS) is 12.3. The summed E-state index contributed by atoms with van der Waals surface area (Å²) in [5, 5.41) is 0. The third kappa shape index (κ3) is 3.12. The zero-order valence-corrected chi connectivity index (χ0v) is 17.3. The molecule has 2 aromatic heterocycles. The first kappa shape index (κ1) is 19.0. The second kappa shape index (κ2) is 7.58. The minimum atomic E-state index is 0.185. The van der Waals surface area contributed by atoms with E-state index in [1.807, 2.05) is 36.4 Å². The fourth-order valence-electron chi connectivity index (χ4n) is 3.49. The summed E-state index contributed by atoms with van der Waals surface area (Å²) >= 11 is 0. The van der Waals surface area contributed by atoms with Crippen LogP contribution in [0.25, 0.3) is 33.7 Å². The third-order valence-electron chi connectivity index (χ3n) is 5.16. The largest absolute Gasteiger partial charge is 0.493 e. The molecule has 0 fully saturated rings. The van der Waals surface area contributed by atoms with E-state index in [-0.39, 0.29) is 6.04 Å². The summed E-state index contributed by atoms with van der Waals surface area (Å²) in [4.78, 5) is 14.4. The van der Waals surface area contributed by atoms with Crippen molar-refractivity contribution < 1.29 is 14.2 Å². The number of rotatable bonds is 6. The molecule has 2 aromatic carbocycles. The van der Waals surface area contributed by atoms with E-state index in [0.717, 1.165) is 34.5 Å². The number of fused-ring (bicyclic) bond motifs is 2. The summed E-state index contributed by atoms with van der Waals surface area (Å²) < 4.78 is 18.7. The first-order valence-electron chi connectivity index (χ1n) is 9.56. The highest BCUT2D eigenvalue weighted by molar-refractivity contribution is 5.85. The van der Waals surface area contributed by atoms with Crippen LogP contribution in [-0.4, -0.2) is 40.8 Å². The van der Waals surface area contributed by atoms with Crippen molar-refractivity contribution in [2.24, 2.45) is 0 Å². The van der Waals surface area contributed by atoms with Gasteiger partial charge in [0.15, 0.2) is 22.8 Å². The molecule has 0 saturated carbocycles. The van der Waals surface area contributed by atoms with Gasteiger partial charge in [0.1, 0.15) is 5.82 Å². The van der Waals surface area contributed by atoms with Crippen LogP contribution in [0.15, 0.2) is 36.4 Å². The molecule has 0 N–H and O–H groups in total. The summed E-state index contributed by atoms with van der Waals surface area (Å²) in [6.07, 6.45) is 0.928. The molecule has 0 aliphatic heterocycles. The van der Waals surface area contributed by atoms with Crippen molar-refractivity contribution in [1.29, 1.82) is 0 Å². The SMILES string of the molecule is CC[C@H](C)n1c(-c2cc(OC)c(OC)c(OC)c2)nc2nc3ccccc3nc21. The first-order chi connectivity index (χ1) is 14.1. The van der Waals surface area contributed by atoms with E-state index in [0.29, 0.717) is 22.9 Å². The molecule has 7 nitrogen and oxygen atoms in total. The predicted octanol–water partition coefficient (Wildman–Crippen LogP) is 4.64. The van der Waals surface area contributed by atoms with Crippen molar-refractivity contribution in [3.63, 3.8) is 0 Å². The fraction of sp³-hybridized carbons (Fsp3) is 0.318. The average molecular weight is 392 g/mol. The van der Waals surface area contributed by atoms with E-state index in [2.05, 4.69) is 18.4 Å². The molecule has 4 rings (SSSR count). The Bertz CT molecular complexity index is 1160. The number of imidazole rings is 1. The molecule has 0 aliphatic rings. The quantitative estimate of drug-likeness (QED) is 0.476. The minimum absolute atomic E-state index is 0.185. The topological polar surface area (TPSA) is 71.3 Å². The number of hydrogen-bond acceptors (Lipinski definition) is 6. The van der Waals surface area contributed by atoms with E-state index >= 15 is 0 Å². The molecule has 0 aliphatic carbocycles. The summed E-state index contributed by atoms with van der Waals surface area (Å²) in [5.41, 5.74) is 3.91. The Hall–Kier alpha value is -3.35. The number of aromatic nitrogens is 4. The van der Waals surface area contributed by atoms with E-state index in [1.165, 1.54) is 0 Å². The zero-order valence-electron chi connectivity index (χ0n) is 17.3. The molecule has 2 heterocycles. The van der Waals surface area contributed by atoms with Gasteiger partial charge in [-0.05, 0) is 37.6 Å². The van der Waals surface area contributed by atoms with E-state index in [9.17, 15) is 0 Å². The Balaban J connectivity index is 2.03. The van der Waals surface area contributed by atoms with Gasteiger partial charge in [0.05, 0.1) is 32.4 Å². The maximum atomic E-state index is 5.53. The summed E-state index contributed by atoms with van der Waals surface area (Å²) in [6.45, 7) is 4.30. The maximum absolute atomic E-state index is 5.53. The summed E-state index contributed by atoms with van der Waals surface area (Å²) in [5.74, 6) is 2.47. The van der Waals surface area contributed by atoms with Crippen LogP contribution in [0, 0.1) is 0 Å². The number of benzene rings is 2. The molecule has 7 heteroatoms. The van der Waals surface area contributed by atoms with E-state index in [4.69, 9.17) is 29.2 Å². The highest BCUT2D eigenvalue weighted by atomic mass is 16.5. The van der Waals surface area contributed by atoms with Crippen molar-refractivity contribution in [2.45, 2.75) is 26.3 Å². The molecule has 4 aromatic rings. The molecule has 0 saturated heterocycles. The van der Waals surface area contributed by atoms with Gasteiger partial charge in [-0.1, -0.05) is 19.1 Å². The number of methoxy groups -OCH3 is 3. The smallest absolute Gasteiger partial charge is 0.203 e. The lowest BCUT2D eigenvalue weighted by molar-refractivity contribution is 0.324. The summed E-state index contributed by atoms with van der Waals surface area (Å²) in [7, 11) is 4.80. The molecule has 1 atom stereocenters. The van der Waals surface area contributed by atoms with Crippen molar-refractivity contribution >= 4 is 22.3 Å². The highest BCUT2D eigenvalue weighted by Gasteiger charge is 2.22. The number of para-hydroxylation sites is 2. The van der Waals surface area contributed by atoms with Crippen molar-refractivity contribution in [1.82, 2.24) is 19.5 Å². The number of nitrogens with zero attached hydrogens (tertiary/aromatic N) is 4. The maximum Gasteiger partial charge on any atom is 0.203 e. The fourth-order valence-corrected chi connectivity index (χ4v) is 3.49. The van der Waals surface area contributed by atoms with Gasteiger partial charge in [0.25, 0.3) is 0 Å². The summed E-state index contributed by atoms with van der Waals surface area (Å²) in [6, 6.07) is 11.8. The molecule has 0 unspecified atom stereocenters. The van der Waals surface area contributed by atoms with Gasteiger partial charge in [-0.3, -0.25) is 0 Å². The minimum Gasteiger partial charge on any atom is -0.493 e. The third-order valence-corrected chi connectivity index (χ3v) is 5.16. The zero-order chi connectivity index (χ0) is 20.5. The van der Waals surface area contributed by atoms with Gasteiger partial charge in [0, 0.05) is 11.6 Å². The molecule has 0 spiro atoms. The lowest BCUT2D eigenvalue weighted by Crippen LogP contribution is -2.07. The van der Waals surface area contributed by atoms with Gasteiger partial charge >= 0.3 is 0 Å². The van der Waals surface area contributed by atoms with Crippen molar-refractivity contribution in [3.8, 4) is 28.6 Å². The molecule has 0 bridgehead atoms. The molecular formula is C22H24N4O3. The van der Waals surface area contributed by atoms with E-state index < -0.39 is 0 Å². The first-order valence-corrected chi connectivity index (χ1v) is 9.56. The molecule has 150 valence electrons. The highest BCUT2D eigenvalue weighted by Crippen LogP contribution is 2.42. The van der Waals surface area contributed by atoms with Crippen LogP contribution < -0.4 is 14.2 Å². The van der Waals surface area contributed by atoms with Gasteiger partial charge < -0.3 is 18.8 Å². The van der Waals surface area contributed by atoms with E-state index in [1.54, 1.807) is 21.3 Å². The Morgan fingerprint density at radius 1 is 0.897 bits per heavy atom. The van der Waals surface area contributed by atoms with Gasteiger partial charge in [0.2, 0.25) is 5.75 Å². The Morgan fingerprint density at radius 3 is 2.07 bits per heavy atom. The van der Waals surface area contributed by atoms with Crippen molar-refractivity contribution in [2.75, 3.05) is 21.3 Å². The Kier molecular flexibility index (Phi) is 4.96. The Labute approximate surface area is 169 Å². The van der Waals surface area contributed by atoms with Crippen LogP contribution in [0.1, 0.15) is 26.3 Å². The van der Waals surface area contributed by atoms with Gasteiger partial charge in [-0.25, -0.2) is 15.0 Å². The predicted molar refractivity (Wildman–Crippen MR) is 113 cm³/mol. The average Bonchev–Trinajstić information content (AvgIpc) is 3.13. The second-order valence-electron chi connectivity index (χ2n) is 6.84.